The Morgan fingerprint density at radius 2 is 2.14 bits per heavy atom. The highest BCUT2D eigenvalue weighted by atomic mass is 79.9. The second-order valence-electron chi connectivity index (χ2n) is 5.93. The molecule has 0 radical (unpaired) electrons. The lowest BCUT2D eigenvalue weighted by molar-refractivity contribution is -0.235. The zero-order valence-electron chi connectivity index (χ0n) is 14.3. The minimum Gasteiger partial charge on any atom is -0.443 e. The summed E-state index contributed by atoms with van der Waals surface area (Å²) < 4.78 is 34.6. The third-order valence-electron chi connectivity index (χ3n) is 3.66. The van der Waals surface area contributed by atoms with Crippen molar-refractivity contribution in [1.29, 1.82) is 0 Å². The van der Waals surface area contributed by atoms with Crippen molar-refractivity contribution in [3.63, 3.8) is 0 Å². The molecule has 3 rings (SSSR count). The Labute approximate surface area is 165 Å². The standard InChI is InChI=1S/C17H14BrF2N3O5/c1-17(26,6-24)28-23-16(25)9-5-12-15(21-7-27-12)13(20)14(9)22-11-3-2-8(18)4-10(11)19/h2-5,7,22,24,26H,6H2,1H3,(H,23,25). The molecule has 28 heavy (non-hydrogen) atoms. The van der Waals surface area contributed by atoms with Gasteiger partial charge in [0.15, 0.2) is 17.8 Å². The number of hydrogen-bond donors (Lipinski definition) is 4. The summed E-state index contributed by atoms with van der Waals surface area (Å²) in [6.07, 6.45) is 0.993. The van der Waals surface area contributed by atoms with Crippen LogP contribution in [0.1, 0.15) is 17.3 Å². The van der Waals surface area contributed by atoms with E-state index in [-0.39, 0.29) is 28.0 Å². The van der Waals surface area contributed by atoms with Crippen molar-refractivity contribution in [2.24, 2.45) is 0 Å². The third-order valence-corrected chi connectivity index (χ3v) is 4.15. The predicted octanol–water partition coefficient (Wildman–Crippen LogP) is 2.97. The molecule has 8 nitrogen and oxygen atoms in total. The summed E-state index contributed by atoms with van der Waals surface area (Å²) in [5.74, 6) is -4.69. The van der Waals surface area contributed by atoms with Gasteiger partial charge in [-0.1, -0.05) is 15.9 Å². The molecule has 148 valence electrons. The molecule has 1 aromatic heterocycles. The van der Waals surface area contributed by atoms with Crippen LogP contribution in [0.2, 0.25) is 0 Å². The first-order chi connectivity index (χ1) is 13.2. The maximum Gasteiger partial charge on any atom is 0.277 e. The van der Waals surface area contributed by atoms with Crippen LogP contribution < -0.4 is 10.8 Å². The number of hydroxylamine groups is 1. The van der Waals surface area contributed by atoms with E-state index < -0.39 is 29.9 Å². The van der Waals surface area contributed by atoms with Gasteiger partial charge in [-0.3, -0.25) is 4.79 Å². The van der Waals surface area contributed by atoms with Crippen LogP contribution in [0.15, 0.2) is 39.5 Å². The second-order valence-corrected chi connectivity index (χ2v) is 6.84. The Hall–Kier alpha value is -2.60. The van der Waals surface area contributed by atoms with Crippen LogP contribution in [0.4, 0.5) is 20.2 Å². The number of nitrogens with zero attached hydrogens (tertiary/aromatic N) is 1. The van der Waals surface area contributed by atoms with E-state index in [2.05, 4.69) is 26.2 Å². The van der Waals surface area contributed by atoms with Crippen molar-refractivity contribution in [1.82, 2.24) is 10.5 Å². The molecule has 0 aliphatic rings. The van der Waals surface area contributed by atoms with Crippen molar-refractivity contribution in [3.8, 4) is 0 Å². The minimum atomic E-state index is -2.06. The number of aliphatic hydroxyl groups excluding tert-OH is 1. The minimum absolute atomic E-state index is 0.0293. The first kappa shape index (κ1) is 20.1. The van der Waals surface area contributed by atoms with E-state index in [4.69, 9.17) is 14.4 Å². The largest absolute Gasteiger partial charge is 0.443 e. The van der Waals surface area contributed by atoms with Gasteiger partial charge in [-0.25, -0.2) is 24.1 Å². The molecule has 1 heterocycles. The van der Waals surface area contributed by atoms with Crippen molar-refractivity contribution < 1.29 is 33.0 Å². The predicted molar refractivity (Wildman–Crippen MR) is 97.6 cm³/mol. The van der Waals surface area contributed by atoms with Crippen LogP contribution in [0, 0.1) is 11.6 Å². The van der Waals surface area contributed by atoms with Crippen LogP contribution in [-0.2, 0) is 4.84 Å². The van der Waals surface area contributed by atoms with Gasteiger partial charge in [-0.2, -0.15) is 0 Å². The number of rotatable bonds is 6. The molecule has 1 atom stereocenters. The number of anilines is 2. The zero-order valence-corrected chi connectivity index (χ0v) is 15.9. The van der Waals surface area contributed by atoms with Crippen LogP contribution in [0.3, 0.4) is 0 Å². The number of amides is 1. The molecule has 1 unspecified atom stereocenters. The summed E-state index contributed by atoms with van der Waals surface area (Å²) in [7, 11) is 0. The summed E-state index contributed by atoms with van der Waals surface area (Å²) in [5.41, 5.74) is 0.924. The van der Waals surface area contributed by atoms with Gasteiger partial charge in [0.25, 0.3) is 5.91 Å². The lowest BCUT2D eigenvalue weighted by Gasteiger charge is -2.21. The molecular weight excluding hydrogens is 444 g/mol. The molecule has 3 aromatic rings. The lowest BCUT2D eigenvalue weighted by atomic mass is 10.1. The van der Waals surface area contributed by atoms with Gasteiger partial charge in [0.2, 0.25) is 5.79 Å². The molecule has 1 amide bonds. The van der Waals surface area contributed by atoms with E-state index in [1.807, 2.05) is 5.48 Å². The highest BCUT2D eigenvalue weighted by Gasteiger charge is 2.26. The molecule has 0 saturated heterocycles. The fourth-order valence-electron chi connectivity index (χ4n) is 2.23. The molecule has 0 spiro atoms. The van der Waals surface area contributed by atoms with Crippen molar-refractivity contribution in [3.05, 3.63) is 52.3 Å². The number of halogens is 3. The highest BCUT2D eigenvalue weighted by Crippen LogP contribution is 2.32. The van der Waals surface area contributed by atoms with E-state index in [0.717, 1.165) is 19.4 Å². The average Bonchev–Trinajstić information content (AvgIpc) is 3.12. The van der Waals surface area contributed by atoms with E-state index in [9.17, 15) is 18.7 Å². The van der Waals surface area contributed by atoms with Gasteiger partial charge in [-0.05, 0) is 31.2 Å². The number of carbonyl (C=O) groups excluding carboxylic acids is 1. The molecule has 11 heteroatoms. The Bertz CT molecular complexity index is 1040. The molecule has 0 fully saturated rings. The van der Waals surface area contributed by atoms with Gasteiger partial charge < -0.3 is 19.9 Å². The number of carbonyl (C=O) groups is 1. The topological polar surface area (TPSA) is 117 Å². The Kier molecular flexibility index (Phi) is 5.61. The third kappa shape index (κ3) is 4.12. The fourth-order valence-corrected chi connectivity index (χ4v) is 2.57. The number of fused-ring (bicyclic) bond motifs is 1. The smallest absolute Gasteiger partial charge is 0.277 e. The highest BCUT2D eigenvalue weighted by molar-refractivity contribution is 9.10. The van der Waals surface area contributed by atoms with Crippen LogP contribution >= 0.6 is 15.9 Å². The van der Waals surface area contributed by atoms with Gasteiger partial charge >= 0.3 is 0 Å². The summed E-state index contributed by atoms with van der Waals surface area (Å²) in [6.45, 7) is 0.294. The second kappa shape index (κ2) is 7.80. The van der Waals surface area contributed by atoms with Gasteiger partial charge in [-0.15, -0.1) is 0 Å². The van der Waals surface area contributed by atoms with Crippen LogP contribution in [-0.4, -0.2) is 33.5 Å². The molecular formula is C17H14BrF2N3O5. The summed E-state index contributed by atoms with van der Waals surface area (Å²) in [5, 5.41) is 21.1. The first-order valence-electron chi connectivity index (χ1n) is 7.81. The SMILES string of the molecule is CC(O)(CO)ONC(=O)c1cc2ocnc2c(F)c1Nc1ccc(Br)cc1F. The molecule has 0 saturated carbocycles. The Morgan fingerprint density at radius 3 is 2.82 bits per heavy atom. The normalized spacial score (nSPS) is 13.4. The zero-order chi connectivity index (χ0) is 20.5. The van der Waals surface area contributed by atoms with Gasteiger partial charge in [0.05, 0.1) is 23.5 Å². The quantitative estimate of drug-likeness (QED) is 0.332. The lowest BCUT2D eigenvalue weighted by Crippen LogP contribution is -2.41. The maximum absolute atomic E-state index is 14.9. The molecule has 0 aliphatic carbocycles. The number of oxazole rings is 1. The first-order valence-corrected chi connectivity index (χ1v) is 8.60. The Balaban J connectivity index is 2.03. The van der Waals surface area contributed by atoms with E-state index in [0.29, 0.717) is 4.47 Å². The summed E-state index contributed by atoms with van der Waals surface area (Å²) >= 11 is 3.12. The van der Waals surface area contributed by atoms with Gasteiger partial charge in [0.1, 0.15) is 11.3 Å². The maximum atomic E-state index is 14.9. The fraction of sp³-hybridized carbons (Fsp3) is 0.176. The number of aromatic nitrogens is 1. The number of benzene rings is 2. The van der Waals surface area contributed by atoms with Crippen LogP contribution in [0.25, 0.3) is 11.1 Å². The van der Waals surface area contributed by atoms with E-state index in [1.54, 1.807) is 0 Å². The summed E-state index contributed by atoms with van der Waals surface area (Å²) in [4.78, 5) is 20.9. The Morgan fingerprint density at radius 1 is 1.39 bits per heavy atom. The monoisotopic (exact) mass is 457 g/mol. The number of aliphatic hydroxyl groups is 2. The average molecular weight is 458 g/mol. The van der Waals surface area contributed by atoms with Crippen LogP contribution in [0.5, 0.6) is 0 Å². The van der Waals surface area contributed by atoms with E-state index in [1.165, 1.54) is 18.2 Å². The molecule has 4 N–H and O–H groups in total. The van der Waals surface area contributed by atoms with Gasteiger partial charge in [0, 0.05) is 4.47 Å². The molecule has 0 bridgehead atoms. The summed E-state index contributed by atoms with van der Waals surface area (Å²) in [6, 6.07) is 5.22. The van der Waals surface area contributed by atoms with Crippen molar-refractivity contribution in [2.75, 3.05) is 11.9 Å². The number of nitrogens with one attached hydrogen (secondary N) is 2. The van der Waals surface area contributed by atoms with Crippen molar-refractivity contribution >= 4 is 44.3 Å². The van der Waals surface area contributed by atoms with E-state index >= 15 is 0 Å². The molecule has 0 aliphatic heterocycles. The number of hydrogen-bond acceptors (Lipinski definition) is 7. The molecule has 2 aromatic carbocycles. The van der Waals surface area contributed by atoms with Crippen molar-refractivity contribution in [2.45, 2.75) is 12.7 Å².